The van der Waals surface area contributed by atoms with Crippen LogP contribution in [0.25, 0.3) is 0 Å². The Labute approximate surface area is 87.1 Å². The summed E-state index contributed by atoms with van der Waals surface area (Å²) in [5, 5.41) is 8.77. The minimum absolute atomic E-state index is 0.118. The Kier molecular flexibility index (Phi) is 3.38. The van der Waals surface area contributed by atoms with E-state index in [2.05, 4.69) is 10.8 Å². The van der Waals surface area contributed by atoms with Gasteiger partial charge in [0.15, 0.2) is 0 Å². The van der Waals surface area contributed by atoms with E-state index in [1.807, 2.05) is 6.92 Å². The number of carbonyl (C=O) groups excluding carboxylic acids is 1. The number of amides is 1. The molecule has 0 aliphatic carbocycles. The third kappa shape index (κ3) is 2.19. The van der Waals surface area contributed by atoms with E-state index in [1.165, 1.54) is 11.9 Å². The zero-order valence-electron chi connectivity index (χ0n) is 8.07. The topological polar surface area (TPSA) is 82.2 Å². The summed E-state index contributed by atoms with van der Waals surface area (Å²) in [7, 11) is 1.76. The predicted octanol–water partition coefficient (Wildman–Crippen LogP) is -0.221. The first-order valence-corrected chi connectivity index (χ1v) is 4.95. The number of nitrogens with two attached hydrogens (primary N) is 1. The van der Waals surface area contributed by atoms with E-state index in [1.54, 1.807) is 11.9 Å². The molecule has 76 valence electrons. The van der Waals surface area contributed by atoms with Gasteiger partial charge in [-0.1, -0.05) is 0 Å². The van der Waals surface area contributed by atoms with Crippen LogP contribution in [-0.2, 0) is 4.79 Å². The molecule has 0 fully saturated rings. The number of nitrogens with one attached hydrogen (secondary N) is 1. The predicted molar refractivity (Wildman–Crippen MR) is 54.7 cm³/mol. The van der Waals surface area contributed by atoms with E-state index in [4.69, 9.17) is 11.0 Å². The van der Waals surface area contributed by atoms with Gasteiger partial charge < -0.3 is 10.5 Å². The number of hydrogen-bond donors (Lipinski definition) is 2. The number of likely N-dealkylation sites (N-methyl/N-ethyl adjacent to an activating group) is 1. The maximum atomic E-state index is 10.7. The smallest absolute Gasteiger partial charge is 0.231 e. The molecule has 14 heavy (non-hydrogen) atoms. The maximum absolute atomic E-state index is 10.7. The molecule has 0 saturated carbocycles. The molecule has 0 aromatic carbocycles. The van der Waals surface area contributed by atoms with Crippen LogP contribution in [0.4, 0.5) is 0 Å². The molecule has 1 rings (SSSR count). The van der Waals surface area contributed by atoms with Gasteiger partial charge in [-0.25, -0.2) is 0 Å². The summed E-state index contributed by atoms with van der Waals surface area (Å²) >= 11 is 1.40. The maximum Gasteiger partial charge on any atom is 0.231 e. The number of rotatable bonds is 3. The fourth-order valence-corrected chi connectivity index (χ4v) is 2.22. The second-order valence-electron chi connectivity index (χ2n) is 3.10. The first-order chi connectivity index (χ1) is 6.56. The molecule has 1 aliphatic rings. The zero-order valence-corrected chi connectivity index (χ0v) is 8.89. The van der Waals surface area contributed by atoms with Crippen molar-refractivity contribution < 1.29 is 4.79 Å². The van der Waals surface area contributed by atoms with Crippen molar-refractivity contribution >= 4 is 17.9 Å². The molecule has 0 aromatic heterocycles. The number of carbonyl (C=O) groups is 1. The van der Waals surface area contributed by atoms with Crippen molar-refractivity contribution in [3.63, 3.8) is 0 Å². The molecule has 0 radical (unpaired) electrons. The molecule has 5 nitrogen and oxygen atoms in total. The molecule has 1 unspecified atom stereocenters. The second-order valence-corrected chi connectivity index (χ2v) is 3.99. The third-order valence-corrected chi connectivity index (χ3v) is 3.14. The van der Waals surface area contributed by atoms with Crippen LogP contribution >= 0.6 is 11.9 Å². The summed E-state index contributed by atoms with van der Waals surface area (Å²) in [4.78, 5) is 12.4. The molecule has 1 atom stereocenters. The summed E-state index contributed by atoms with van der Waals surface area (Å²) < 4.78 is 3.00. The van der Waals surface area contributed by atoms with Gasteiger partial charge >= 0.3 is 0 Å². The quantitative estimate of drug-likeness (QED) is 0.632. The number of hydrogen-bond acceptors (Lipinski definition) is 5. The van der Waals surface area contributed by atoms with E-state index in [0.717, 1.165) is 5.70 Å². The van der Waals surface area contributed by atoms with Gasteiger partial charge in [-0.05, 0) is 25.9 Å². The standard InChI is InChI=1S/C8H12N4OS/c1-5-6(3-9)8(14-11-5)12(2)4-7(10)13/h8,11H,4H2,1-2H3,(H2,10,13). The van der Waals surface area contributed by atoms with Crippen LogP contribution in [0, 0.1) is 11.3 Å². The van der Waals surface area contributed by atoms with Gasteiger partial charge in [0.1, 0.15) is 5.37 Å². The Balaban J connectivity index is 2.72. The molecule has 0 spiro atoms. The van der Waals surface area contributed by atoms with Crippen molar-refractivity contribution in [3.8, 4) is 6.07 Å². The Morgan fingerprint density at radius 3 is 3.00 bits per heavy atom. The number of nitrogens with zero attached hydrogens (tertiary/aromatic N) is 2. The normalized spacial score (nSPS) is 20.9. The first-order valence-electron chi connectivity index (χ1n) is 4.07. The van der Waals surface area contributed by atoms with Crippen LogP contribution in [0.3, 0.4) is 0 Å². The average Bonchev–Trinajstić information content (AvgIpc) is 2.45. The van der Waals surface area contributed by atoms with Crippen molar-refractivity contribution in [1.29, 1.82) is 5.26 Å². The second kappa shape index (κ2) is 4.35. The summed E-state index contributed by atoms with van der Waals surface area (Å²) in [6.07, 6.45) is 0. The molecule has 0 saturated heterocycles. The number of primary amides is 1. The van der Waals surface area contributed by atoms with Crippen molar-refractivity contribution in [1.82, 2.24) is 9.62 Å². The Morgan fingerprint density at radius 2 is 2.50 bits per heavy atom. The Hall–Kier alpha value is -1.19. The molecular weight excluding hydrogens is 200 g/mol. The van der Waals surface area contributed by atoms with Gasteiger partial charge in [0.2, 0.25) is 5.91 Å². The largest absolute Gasteiger partial charge is 0.369 e. The van der Waals surface area contributed by atoms with E-state index in [-0.39, 0.29) is 11.9 Å². The molecular formula is C8H12N4OS. The number of nitriles is 1. The van der Waals surface area contributed by atoms with E-state index < -0.39 is 5.91 Å². The molecule has 0 bridgehead atoms. The average molecular weight is 212 g/mol. The third-order valence-electron chi connectivity index (χ3n) is 1.90. The summed E-state index contributed by atoms with van der Waals surface area (Å²) in [5.41, 5.74) is 6.57. The first kappa shape index (κ1) is 10.9. The highest BCUT2D eigenvalue weighted by Crippen LogP contribution is 2.28. The fourth-order valence-electron chi connectivity index (χ4n) is 1.22. The van der Waals surface area contributed by atoms with Crippen LogP contribution in [0.2, 0.25) is 0 Å². The van der Waals surface area contributed by atoms with Crippen molar-refractivity contribution in [2.45, 2.75) is 12.3 Å². The number of allylic oxidation sites excluding steroid dienone is 1. The van der Waals surface area contributed by atoms with Crippen molar-refractivity contribution in [3.05, 3.63) is 11.3 Å². The Bertz CT molecular complexity index is 320. The van der Waals surface area contributed by atoms with Crippen molar-refractivity contribution in [2.75, 3.05) is 13.6 Å². The van der Waals surface area contributed by atoms with Crippen LogP contribution in [0.15, 0.2) is 11.3 Å². The molecule has 3 N–H and O–H groups in total. The molecule has 1 aliphatic heterocycles. The molecule has 1 heterocycles. The van der Waals surface area contributed by atoms with Gasteiger partial charge in [-0.3, -0.25) is 9.69 Å². The minimum Gasteiger partial charge on any atom is -0.369 e. The monoisotopic (exact) mass is 212 g/mol. The van der Waals surface area contributed by atoms with E-state index in [0.29, 0.717) is 5.57 Å². The molecule has 1 amide bonds. The highest BCUT2D eigenvalue weighted by atomic mass is 32.2. The van der Waals surface area contributed by atoms with E-state index in [9.17, 15) is 4.79 Å². The lowest BCUT2D eigenvalue weighted by Gasteiger charge is -2.20. The van der Waals surface area contributed by atoms with Crippen LogP contribution in [-0.4, -0.2) is 29.8 Å². The Morgan fingerprint density at radius 1 is 1.86 bits per heavy atom. The lowest BCUT2D eigenvalue weighted by molar-refractivity contribution is -0.118. The van der Waals surface area contributed by atoms with E-state index >= 15 is 0 Å². The fraction of sp³-hybridized carbons (Fsp3) is 0.500. The van der Waals surface area contributed by atoms with Gasteiger partial charge in [0.05, 0.1) is 18.2 Å². The SMILES string of the molecule is CC1=C(C#N)C(N(C)CC(N)=O)SN1. The highest BCUT2D eigenvalue weighted by molar-refractivity contribution is 7.98. The minimum atomic E-state index is -0.394. The molecule has 0 aromatic rings. The highest BCUT2D eigenvalue weighted by Gasteiger charge is 2.28. The molecule has 6 heteroatoms. The lowest BCUT2D eigenvalue weighted by Crippen LogP contribution is -2.36. The van der Waals surface area contributed by atoms with Gasteiger partial charge in [0.25, 0.3) is 0 Å². The summed E-state index contributed by atoms with van der Waals surface area (Å²) in [6.45, 7) is 1.99. The summed E-state index contributed by atoms with van der Waals surface area (Å²) in [6, 6.07) is 2.12. The zero-order chi connectivity index (χ0) is 10.7. The van der Waals surface area contributed by atoms with Crippen LogP contribution in [0.1, 0.15) is 6.92 Å². The van der Waals surface area contributed by atoms with Crippen LogP contribution < -0.4 is 10.5 Å². The summed E-state index contributed by atoms with van der Waals surface area (Å²) in [5.74, 6) is -0.394. The van der Waals surface area contributed by atoms with Crippen molar-refractivity contribution in [2.24, 2.45) is 5.73 Å². The van der Waals surface area contributed by atoms with Gasteiger partial charge in [-0.2, -0.15) is 5.26 Å². The van der Waals surface area contributed by atoms with Gasteiger partial charge in [0, 0.05) is 5.70 Å². The van der Waals surface area contributed by atoms with Gasteiger partial charge in [-0.15, -0.1) is 0 Å². The van der Waals surface area contributed by atoms with Crippen LogP contribution in [0.5, 0.6) is 0 Å². The lowest BCUT2D eigenvalue weighted by atomic mass is 10.2.